The highest BCUT2D eigenvalue weighted by molar-refractivity contribution is 7.21. The van der Waals surface area contributed by atoms with Crippen molar-refractivity contribution in [3.05, 3.63) is 71.5 Å². The summed E-state index contributed by atoms with van der Waals surface area (Å²) in [4.78, 5) is 4.60. The Balaban J connectivity index is 1.75. The second kappa shape index (κ2) is 5.15. The van der Waals surface area contributed by atoms with Gasteiger partial charge in [-0.2, -0.15) is 0 Å². The van der Waals surface area contributed by atoms with Gasteiger partial charge < -0.3 is 5.11 Å². The molecule has 4 aromatic rings. The Labute approximate surface area is 154 Å². The van der Waals surface area contributed by atoms with Crippen molar-refractivity contribution in [2.45, 2.75) is 19.3 Å². The van der Waals surface area contributed by atoms with Crippen molar-refractivity contribution in [2.24, 2.45) is 0 Å². The van der Waals surface area contributed by atoms with E-state index in [1.165, 1.54) is 34.6 Å². The van der Waals surface area contributed by atoms with Crippen LogP contribution in [-0.4, -0.2) is 10.1 Å². The highest BCUT2D eigenvalue weighted by Gasteiger charge is 2.38. The van der Waals surface area contributed by atoms with Gasteiger partial charge in [0.1, 0.15) is 16.6 Å². The third kappa shape index (κ3) is 1.99. The number of halogens is 1. The van der Waals surface area contributed by atoms with Gasteiger partial charge in [0.15, 0.2) is 0 Å². The van der Waals surface area contributed by atoms with E-state index in [0.29, 0.717) is 10.6 Å². The number of thiazole rings is 1. The Hall–Kier alpha value is -2.72. The van der Waals surface area contributed by atoms with Crippen LogP contribution in [0.2, 0.25) is 0 Å². The molecule has 3 aromatic carbocycles. The van der Waals surface area contributed by atoms with E-state index >= 15 is 0 Å². The number of rotatable bonds is 1. The number of hydrogen-bond acceptors (Lipinski definition) is 3. The van der Waals surface area contributed by atoms with Crippen molar-refractivity contribution in [1.82, 2.24) is 4.98 Å². The molecule has 1 N–H and O–H groups in total. The Morgan fingerprint density at radius 2 is 1.73 bits per heavy atom. The molecule has 4 heteroatoms. The van der Waals surface area contributed by atoms with E-state index in [2.05, 4.69) is 37.0 Å². The van der Waals surface area contributed by atoms with E-state index < -0.39 is 0 Å². The van der Waals surface area contributed by atoms with Gasteiger partial charge in [-0.15, -0.1) is 11.3 Å². The number of phenols is 1. The minimum Gasteiger partial charge on any atom is -0.507 e. The van der Waals surface area contributed by atoms with E-state index in [9.17, 15) is 9.50 Å². The number of aromatic hydroxyl groups is 1. The summed E-state index contributed by atoms with van der Waals surface area (Å²) in [5, 5.41) is 11.8. The maximum Gasteiger partial charge on any atom is 0.130 e. The smallest absolute Gasteiger partial charge is 0.130 e. The highest BCUT2D eigenvalue weighted by Crippen LogP contribution is 2.54. The zero-order valence-corrected chi connectivity index (χ0v) is 15.2. The molecule has 0 amide bonds. The fraction of sp³-hybridized carbons (Fsp3) is 0.136. The molecule has 5 rings (SSSR count). The summed E-state index contributed by atoms with van der Waals surface area (Å²) in [6, 6.07) is 16.8. The molecular formula is C22H16FNOS. The lowest BCUT2D eigenvalue weighted by atomic mass is 9.81. The molecule has 1 aliphatic carbocycles. The fourth-order valence-corrected chi connectivity index (χ4v) is 5.05. The zero-order chi connectivity index (χ0) is 18.1. The molecular weight excluding hydrogens is 345 g/mol. The summed E-state index contributed by atoms with van der Waals surface area (Å²) in [6.45, 7) is 4.27. The van der Waals surface area contributed by atoms with Gasteiger partial charge in [-0.1, -0.05) is 44.2 Å². The minimum atomic E-state index is -0.283. The largest absolute Gasteiger partial charge is 0.507 e. The van der Waals surface area contributed by atoms with Crippen LogP contribution in [0.5, 0.6) is 5.75 Å². The van der Waals surface area contributed by atoms with Crippen LogP contribution in [0.25, 0.3) is 31.9 Å². The van der Waals surface area contributed by atoms with Crippen LogP contribution in [-0.2, 0) is 5.41 Å². The molecule has 0 spiro atoms. The Bertz CT molecular complexity index is 1190. The number of fused-ring (bicyclic) bond motifs is 4. The van der Waals surface area contributed by atoms with Crippen molar-refractivity contribution in [3.8, 4) is 27.4 Å². The van der Waals surface area contributed by atoms with Gasteiger partial charge in [0.25, 0.3) is 0 Å². The molecule has 0 aliphatic heterocycles. The van der Waals surface area contributed by atoms with Crippen LogP contribution in [0.15, 0.2) is 54.6 Å². The van der Waals surface area contributed by atoms with Crippen LogP contribution >= 0.6 is 11.3 Å². The summed E-state index contributed by atoms with van der Waals surface area (Å²) in [7, 11) is 0. The normalized spacial score (nSPS) is 14.4. The van der Waals surface area contributed by atoms with Gasteiger partial charge in [0.2, 0.25) is 0 Å². The van der Waals surface area contributed by atoms with Crippen LogP contribution in [0.1, 0.15) is 25.0 Å². The number of hydrogen-bond donors (Lipinski definition) is 1. The molecule has 1 aromatic heterocycles. The maximum absolute atomic E-state index is 13.5. The lowest BCUT2D eigenvalue weighted by Crippen LogP contribution is -2.15. The topological polar surface area (TPSA) is 33.1 Å². The molecule has 0 radical (unpaired) electrons. The Morgan fingerprint density at radius 1 is 0.962 bits per heavy atom. The predicted molar refractivity (Wildman–Crippen MR) is 104 cm³/mol. The van der Waals surface area contributed by atoms with E-state index in [-0.39, 0.29) is 17.0 Å². The van der Waals surface area contributed by atoms with Crippen LogP contribution in [0.3, 0.4) is 0 Å². The second-order valence-corrected chi connectivity index (χ2v) is 8.22. The molecule has 0 fully saturated rings. The first-order chi connectivity index (χ1) is 12.5. The quantitative estimate of drug-likeness (QED) is 0.443. The lowest BCUT2D eigenvalue weighted by molar-refractivity contribution is 0.458. The van der Waals surface area contributed by atoms with Crippen LogP contribution < -0.4 is 0 Å². The van der Waals surface area contributed by atoms with Crippen molar-refractivity contribution in [1.29, 1.82) is 0 Å². The molecule has 0 saturated heterocycles. The Kier molecular flexibility index (Phi) is 3.07. The molecule has 0 unspecified atom stereocenters. The van der Waals surface area contributed by atoms with Gasteiger partial charge >= 0.3 is 0 Å². The van der Waals surface area contributed by atoms with Crippen molar-refractivity contribution < 1.29 is 9.50 Å². The van der Waals surface area contributed by atoms with E-state index in [4.69, 9.17) is 0 Å². The van der Waals surface area contributed by atoms with Crippen LogP contribution in [0.4, 0.5) is 4.39 Å². The third-order valence-electron chi connectivity index (χ3n) is 5.27. The fourth-order valence-electron chi connectivity index (χ4n) is 4.03. The van der Waals surface area contributed by atoms with Gasteiger partial charge in [-0.3, -0.25) is 0 Å². The summed E-state index contributed by atoms with van der Waals surface area (Å²) in [6.07, 6.45) is 0. The lowest BCUT2D eigenvalue weighted by Gasteiger charge is -2.23. The first kappa shape index (κ1) is 15.5. The number of nitrogens with zero attached hydrogens (tertiary/aromatic N) is 1. The van der Waals surface area contributed by atoms with Gasteiger partial charge in [-0.05, 0) is 41.0 Å². The van der Waals surface area contributed by atoms with Crippen LogP contribution in [0, 0.1) is 5.82 Å². The minimum absolute atomic E-state index is 0.267. The summed E-state index contributed by atoms with van der Waals surface area (Å²) in [5.74, 6) is -0.00862. The number of aromatic nitrogens is 1. The van der Waals surface area contributed by atoms with Gasteiger partial charge in [-0.25, -0.2) is 9.37 Å². The number of phenolic OH excluding ortho intramolecular Hbond substituents is 1. The first-order valence-electron chi connectivity index (χ1n) is 8.49. The Morgan fingerprint density at radius 3 is 2.58 bits per heavy atom. The van der Waals surface area contributed by atoms with Gasteiger partial charge in [0, 0.05) is 11.0 Å². The average molecular weight is 361 g/mol. The third-order valence-corrected chi connectivity index (χ3v) is 6.33. The van der Waals surface area contributed by atoms with Crippen molar-refractivity contribution in [3.63, 3.8) is 0 Å². The maximum atomic E-state index is 13.5. The molecule has 128 valence electrons. The molecule has 26 heavy (non-hydrogen) atoms. The monoisotopic (exact) mass is 361 g/mol. The molecule has 0 atom stereocenters. The summed E-state index contributed by atoms with van der Waals surface area (Å²) < 4.78 is 14.3. The second-order valence-electron chi connectivity index (χ2n) is 7.19. The standard InChI is InChI=1S/C22H16FNOS/c1-22(2)16-6-4-3-5-13(16)14-8-9-15(20(25)19(14)22)21-24-17-10-7-12(23)11-18(17)26-21/h3-11,25H,1-2H3. The van der Waals surface area contributed by atoms with E-state index in [1.807, 2.05) is 18.2 Å². The van der Waals surface area contributed by atoms with Crippen molar-refractivity contribution in [2.75, 3.05) is 0 Å². The molecule has 1 aliphatic rings. The van der Waals surface area contributed by atoms with E-state index in [0.717, 1.165) is 21.3 Å². The first-order valence-corrected chi connectivity index (χ1v) is 9.31. The number of benzene rings is 3. The van der Waals surface area contributed by atoms with E-state index in [1.54, 1.807) is 6.07 Å². The molecule has 0 saturated carbocycles. The molecule has 0 bridgehead atoms. The summed E-state index contributed by atoms with van der Waals surface area (Å²) >= 11 is 1.40. The summed E-state index contributed by atoms with van der Waals surface area (Å²) in [5.41, 5.74) is 5.55. The van der Waals surface area contributed by atoms with Crippen molar-refractivity contribution >= 4 is 21.6 Å². The molecule has 2 nitrogen and oxygen atoms in total. The highest BCUT2D eigenvalue weighted by atomic mass is 32.1. The zero-order valence-electron chi connectivity index (χ0n) is 14.4. The average Bonchev–Trinajstić information content (AvgIpc) is 3.13. The molecule has 1 heterocycles. The SMILES string of the molecule is CC1(C)c2ccccc2-c2ccc(-c3nc4ccc(F)cc4s3)c(O)c21. The predicted octanol–water partition coefficient (Wildman–Crippen LogP) is 6.11. The van der Waals surface area contributed by atoms with Gasteiger partial charge in [0.05, 0.1) is 15.8 Å².